The lowest BCUT2D eigenvalue weighted by atomic mass is 9.81. The standard InChI is InChI=1S/C11H22N2O4S/c14-10-11(3-7-17-8-4-11)9-12-18(15,16)13-5-1-2-6-13/h12,14H,1-10H2. The Kier molecular flexibility index (Phi) is 4.60. The number of rotatable bonds is 5. The number of nitrogens with one attached hydrogen (secondary N) is 1. The first-order valence-corrected chi connectivity index (χ1v) is 7.95. The molecule has 0 atom stereocenters. The van der Waals surface area contributed by atoms with E-state index in [0.717, 1.165) is 12.8 Å². The maximum atomic E-state index is 12.0. The third-order valence-corrected chi connectivity index (χ3v) is 5.48. The Balaban J connectivity index is 1.92. The molecule has 0 aromatic rings. The Labute approximate surface area is 108 Å². The van der Waals surface area contributed by atoms with Crippen molar-refractivity contribution in [2.75, 3.05) is 39.5 Å². The van der Waals surface area contributed by atoms with Gasteiger partial charge in [-0.15, -0.1) is 0 Å². The van der Waals surface area contributed by atoms with Gasteiger partial charge in [0, 0.05) is 38.3 Å². The largest absolute Gasteiger partial charge is 0.396 e. The number of ether oxygens (including phenoxy) is 1. The fraction of sp³-hybridized carbons (Fsp3) is 1.00. The molecule has 0 unspecified atom stereocenters. The molecular weight excluding hydrogens is 256 g/mol. The fourth-order valence-electron chi connectivity index (χ4n) is 2.46. The quantitative estimate of drug-likeness (QED) is 0.724. The van der Waals surface area contributed by atoms with Gasteiger partial charge < -0.3 is 9.84 Å². The Bertz CT molecular complexity index is 359. The number of hydrogen-bond acceptors (Lipinski definition) is 4. The summed E-state index contributed by atoms with van der Waals surface area (Å²) in [5.41, 5.74) is -0.356. The monoisotopic (exact) mass is 278 g/mol. The van der Waals surface area contributed by atoms with E-state index in [0.29, 0.717) is 45.7 Å². The predicted octanol–water partition coefficient (Wildman–Crippen LogP) is -0.294. The van der Waals surface area contributed by atoms with E-state index in [9.17, 15) is 13.5 Å². The van der Waals surface area contributed by atoms with Crippen molar-refractivity contribution in [1.82, 2.24) is 9.03 Å². The van der Waals surface area contributed by atoms with Gasteiger partial charge in [0.05, 0.1) is 6.61 Å². The molecule has 2 saturated heterocycles. The topological polar surface area (TPSA) is 78.9 Å². The lowest BCUT2D eigenvalue weighted by Gasteiger charge is -2.35. The van der Waals surface area contributed by atoms with Crippen molar-refractivity contribution in [3.63, 3.8) is 0 Å². The summed E-state index contributed by atoms with van der Waals surface area (Å²) in [4.78, 5) is 0. The molecule has 2 aliphatic heterocycles. The molecule has 6 nitrogen and oxygen atoms in total. The minimum Gasteiger partial charge on any atom is -0.396 e. The van der Waals surface area contributed by atoms with Crippen molar-refractivity contribution >= 4 is 10.2 Å². The van der Waals surface area contributed by atoms with E-state index < -0.39 is 10.2 Å². The van der Waals surface area contributed by atoms with Crippen LogP contribution < -0.4 is 4.72 Å². The van der Waals surface area contributed by atoms with Gasteiger partial charge in [0.2, 0.25) is 0 Å². The molecule has 0 radical (unpaired) electrons. The summed E-state index contributed by atoms with van der Waals surface area (Å²) in [5, 5.41) is 9.50. The molecule has 2 aliphatic rings. The van der Waals surface area contributed by atoms with Crippen molar-refractivity contribution in [2.45, 2.75) is 25.7 Å². The van der Waals surface area contributed by atoms with Crippen LogP contribution in [0.4, 0.5) is 0 Å². The third-order valence-electron chi connectivity index (χ3n) is 3.92. The van der Waals surface area contributed by atoms with Gasteiger partial charge in [0.1, 0.15) is 0 Å². The minimum absolute atomic E-state index is 0.00111. The Morgan fingerprint density at radius 1 is 1.22 bits per heavy atom. The van der Waals surface area contributed by atoms with Crippen LogP contribution >= 0.6 is 0 Å². The van der Waals surface area contributed by atoms with Crippen molar-refractivity contribution in [1.29, 1.82) is 0 Å². The highest BCUT2D eigenvalue weighted by Crippen LogP contribution is 2.29. The van der Waals surface area contributed by atoms with E-state index in [1.807, 2.05) is 0 Å². The first kappa shape index (κ1) is 14.2. The molecular formula is C11H22N2O4S. The van der Waals surface area contributed by atoms with Gasteiger partial charge in [-0.05, 0) is 25.7 Å². The zero-order chi connectivity index (χ0) is 13.1. The van der Waals surface area contributed by atoms with Gasteiger partial charge in [0.25, 0.3) is 10.2 Å². The maximum absolute atomic E-state index is 12.0. The fourth-order valence-corrected chi connectivity index (χ4v) is 3.87. The Hall–Kier alpha value is -0.210. The minimum atomic E-state index is -3.38. The van der Waals surface area contributed by atoms with Crippen LogP contribution in [-0.2, 0) is 14.9 Å². The molecule has 0 aliphatic carbocycles. The lowest BCUT2D eigenvalue weighted by Crippen LogP contribution is -2.47. The van der Waals surface area contributed by atoms with E-state index in [1.54, 1.807) is 0 Å². The second-order valence-electron chi connectivity index (χ2n) is 5.20. The van der Waals surface area contributed by atoms with E-state index in [4.69, 9.17) is 4.74 Å². The first-order valence-electron chi connectivity index (χ1n) is 6.51. The molecule has 18 heavy (non-hydrogen) atoms. The second-order valence-corrected chi connectivity index (χ2v) is 6.96. The lowest BCUT2D eigenvalue weighted by molar-refractivity contribution is -0.0128. The molecule has 106 valence electrons. The normalized spacial score (nSPS) is 25.4. The summed E-state index contributed by atoms with van der Waals surface area (Å²) in [6.45, 7) is 2.68. The predicted molar refractivity (Wildman–Crippen MR) is 67.3 cm³/mol. The van der Waals surface area contributed by atoms with Gasteiger partial charge in [-0.3, -0.25) is 0 Å². The number of aliphatic hydroxyl groups excluding tert-OH is 1. The van der Waals surface area contributed by atoms with Crippen LogP contribution in [0.5, 0.6) is 0 Å². The van der Waals surface area contributed by atoms with Crippen molar-refractivity contribution in [3.05, 3.63) is 0 Å². The van der Waals surface area contributed by atoms with Gasteiger partial charge >= 0.3 is 0 Å². The van der Waals surface area contributed by atoms with Gasteiger partial charge in [0.15, 0.2) is 0 Å². The van der Waals surface area contributed by atoms with E-state index in [2.05, 4.69) is 4.72 Å². The average Bonchev–Trinajstić information content (AvgIpc) is 2.92. The zero-order valence-corrected chi connectivity index (χ0v) is 11.4. The average molecular weight is 278 g/mol. The summed E-state index contributed by atoms with van der Waals surface area (Å²) in [6.07, 6.45) is 3.26. The molecule has 2 N–H and O–H groups in total. The molecule has 0 bridgehead atoms. The maximum Gasteiger partial charge on any atom is 0.279 e. The van der Waals surface area contributed by atoms with Crippen LogP contribution in [0.1, 0.15) is 25.7 Å². The summed E-state index contributed by atoms with van der Waals surface area (Å²) in [7, 11) is -3.38. The highest BCUT2D eigenvalue weighted by Gasteiger charge is 2.34. The van der Waals surface area contributed by atoms with E-state index >= 15 is 0 Å². The molecule has 2 fully saturated rings. The van der Waals surface area contributed by atoms with Crippen LogP contribution in [0.2, 0.25) is 0 Å². The molecule has 0 saturated carbocycles. The first-order chi connectivity index (χ1) is 8.58. The van der Waals surface area contributed by atoms with Crippen LogP contribution in [-0.4, -0.2) is 57.3 Å². The number of aliphatic hydroxyl groups is 1. The van der Waals surface area contributed by atoms with Gasteiger partial charge in [-0.25, -0.2) is 4.72 Å². The molecule has 0 spiro atoms. The summed E-state index contributed by atoms with van der Waals surface area (Å²) in [6, 6.07) is 0. The van der Waals surface area contributed by atoms with Crippen molar-refractivity contribution < 1.29 is 18.3 Å². The highest BCUT2D eigenvalue weighted by atomic mass is 32.2. The van der Waals surface area contributed by atoms with Crippen LogP contribution in [0.3, 0.4) is 0 Å². The molecule has 0 aromatic heterocycles. The molecule has 0 amide bonds. The number of hydrogen-bond donors (Lipinski definition) is 2. The molecule has 2 rings (SSSR count). The van der Waals surface area contributed by atoms with E-state index in [1.165, 1.54) is 4.31 Å². The number of nitrogens with zero attached hydrogens (tertiary/aromatic N) is 1. The summed E-state index contributed by atoms with van der Waals surface area (Å²) >= 11 is 0. The SMILES string of the molecule is O=S(=O)(NCC1(CO)CCOCC1)N1CCCC1. The Morgan fingerprint density at radius 3 is 2.39 bits per heavy atom. The molecule has 0 aromatic carbocycles. The third kappa shape index (κ3) is 3.21. The molecule has 2 heterocycles. The molecule has 7 heteroatoms. The zero-order valence-electron chi connectivity index (χ0n) is 10.6. The van der Waals surface area contributed by atoms with Crippen LogP contribution in [0.25, 0.3) is 0 Å². The van der Waals surface area contributed by atoms with Gasteiger partial charge in [-0.1, -0.05) is 0 Å². The van der Waals surface area contributed by atoms with Crippen LogP contribution in [0.15, 0.2) is 0 Å². The van der Waals surface area contributed by atoms with Gasteiger partial charge in [-0.2, -0.15) is 12.7 Å². The summed E-state index contributed by atoms with van der Waals surface area (Å²) < 4.78 is 33.5. The van der Waals surface area contributed by atoms with Crippen molar-refractivity contribution in [2.24, 2.45) is 5.41 Å². The summed E-state index contributed by atoms with van der Waals surface area (Å²) in [5.74, 6) is 0. The van der Waals surface area contributed by atoms with E-state index in [-0.39, 0.29) is 12.0 Å². The van der Waals surface area contributed by atoms with Crippen LogP contribution in [0, 0.1) is 5.41 Å². The second kappa shape index (κ2) is 5.83. The van der Waals surface area contributed by atoms with Crippen molar-refractivity contribution in [3.8, 4) is 0 Å². The highest BCUT2D eigenvalue weighted by molar-refractivity contribution is 7.87. The Morgan fingerprint density at radius 2 is 1.83 bits per heavy atom. The smallest absolute Gasteiger partial charge is 0.279 e.